The van der Waals surface area contributed by atoms with E-state index in [2.05, 4.69) is 20.7 Å². The van der Waals surface area contributed by atoms with Gasteiger partial charge in [0, 0.05) is 6.54 Å². The summed E-state index contributed by atoms with van der Waals surface area (Å²) in [4.78, 5) is 23.7. The molecule has 150 valence electrons. The van der Waals surface area contributed by atoms with Crippen LogP contribution in [0.25, 0.3) is 0 Å². The number of amides is 3. The van der Waals surface area contributed by atoms with Crippen LogP contribution in [0.3, 0.4) is 0 Å². The highest BCUT2D eigenvalue weighted by atomic mass is 19.3. The van der Waals surface area contributed by atoms with Crippen LogP contribution in [0, 0.1) is 5.82 Å². The first kappa shape index (κ1) is 21.1. The molecule has 0 spiro atoms. The van der Waals surface area contributed by atoms with Gasteiger partial charge in [-0.3, -0.25) is 4.79 Å². The largest absolute Gasteiger partial charge is 0.435 e. The maximum Gasteiger partial charge on any atom is 0.387 e. The summed E-state index contributed by atoms with van der Waals surface area (Å²) in [5, 5.41) is 7.59. The molecule has 3 N–H and O–H groups in total. The van der Waals surface area contributed by atoms with E-state index in [0.717, 1.165) is 0 Å². The molecule has 2 aromatic rings. The number of hydrogen-bond acceptors (Lipinski definition) is 3. The second-order valence-corrected chi connectivity index (χ2v) is 5.90. The molecule has 0 fully saturated rings. The zero-order valence-corrected chi connectivity index (χ0v) is 15.0. The van der Waals surface area contributed by atoms with Crippen molar-refractivity contribution in [2.24, 2.45) is 0 Å². The Morgan fingerprint density at radius 3 is 2.46 bits per heavy atom. The van der Waals surface area contributed by atoms with Crippen LogP contribution in [0.2, 0.25) is 0 Å². The van der Waals surface area contributed by atoms with Gasteiger partial charge in [0.05, 0.1) is 12.6 Å². The van der Waals surface area contributed by atoms with Crippen LogP contribution in [0.15, 0.2) is 48.5 Å². The van der Waals surface area contributed by atoms with Crippen molar-refractivity contribution in [3.63, 3.8) is 0 Å². The number of carbonyl (C=O) groups excluding carboxylic acids is 2. The van der Waals surface area contributed by atoms with E-state index in [4.69, 9.17) is 0 Å². The molecule has 1 atom stereocenters. The number of alkyl halides is 2. The van der Waals surface area contributed by atoms with Crippen molar-refractivity contribution in [3.05, 3.63) is 65.5 Å². The number of ether oxygens (including phenoxy) is 1. The fourth-order valence-corrected chi connectivity index (χ4v) is 2.34. The number of carbonyl (C=O) groups is 2. The second-order valence-electron chi connectivity index (χ2n) is 5.90. The first-order valence-electron chi connectivity index (χ1n) is 8.44. The maximum absolute atomic E-state index is 12.8. The first-order valence-corrected chi connectivity index (χ1v) is 8.44. The van der Waals surface area contributed by atoms with E-state index in [1.807, 2.05) is 0 Å². The van der Waals surface area contributed by atoms with Crippen LogP contribution in [0.5, 0.6) is 5.75 Å². The van der Waals surface area contributed by atoms with Gasteiger partial charge in [0.2, 0.25) is 5.91 Å². The third-order valence-corrected chi connectivity index (χ3v) is 3.74. The molecule has 6 nitrogen and oxygen atoms in total. The van der Waals surface area contributed by atoms with Crippen molar-refractivity contribution in [2.45, 2.75) is 26.1 Å². The number of benzene rings is 2. The molecule has 1 unspecified atom stereocenters. The van der Waals surface area contributed by atoms with Crippen LogP contribution >= 0.6 is 0 Å². The summed E-state index contributed by atoms with van der Waals surface area (Å²) < 4.78 is 41.7. The normalized spacial score (nSPS) is 11.6. The summed E-state index contributed by atoms with van der Waals surface area (Å²) in [6.45, 7) is -1.35. The van der Waals surface area contributed by atoms with Crippen molar-refractivity contribution in [1.82, 2.24) is 16.0 Å². The molecule has 28 heavy (non-hydrogen) atoms. The van der Waals surface area contributed by atoms with Gasteiger partial charge in [0.15, 0.2) is 0 Å². The summed E-state index contributed by atoms with van der Waals surface area (Å²) in [5.74, 6) is -0.832. The van der Waals surface area contributed by atoms with Crippen molar-refractivity contribution in [3.8, 4) is 5.75 Å². The van der Waals surface area contributed by atoms with Crippen LogP contribution in [-0.4, -0.2) is 25.1 Å². The lowest BCUT2D eigenvalue weighted by atomic mass is 10.1. The van der Waals surface area contributed by atoms with Gasteiger partial charge in [0.1, 0.15) is 11.6 Å². The minimum atomic E-state index is -2.93. The van der Waals surface area contributed by atoms with Gasteiger partial charge in [-0.05, 0) is 42.3 Å². The van der Waals surface area contributed by atoms with Gasteiger partial charge >= 0.3 is 12.6 Å². The van der Waals surface area contributed by atoms with Crippen LogP contribution in [0.4, 0.5) is 18.0 Å². The van der Waals surface area contributed by atoms with Crippen LogP contribution < -0.4 is 20.7 Å². The molecule has 0 bridgehead atoms. The Bertz CT molecular complexity index is 801. The minimum absolute atomic E-state index is 0.00750. The molecule has 0 aromatic heterocycles. The summed E-state index contributed by atoms with van der Waals surface area (Å²) in [7, 11) is 0. The van der Waals surface area contributed by atoms with Crippen LogP contribution in [0.1, 0.15) is 24.1 Å². The monoisotopic (exact) mass is 395 g/mol. The zero-order valence-electron chi connectivity index (χ0n) is 15.0. The molecular formula is C19H20F3N3O3. The fourth-order valence-electron chi connectivity index (χ4n) is 2.34. The summed E-state index contributed by atoms with van der Waals surface area (Å²) in [6, 6.07) is 10.6. The quantitative estimate of drug-likeness (QED) is 0.643. The number of nitrogens with one attached hydrogen (secondary N) is 3. The maximum atomic E-state index is 12.8. The van der Waals surface area contributed by atoms with Crippen molar-refractivity contribution < 1.29 is 27.5 Å². The van der Waals surface area contributed by atoms with E-state index in [-0.39, 0.29) is 24.7 Å². The lowest BCUT2D eigenvalue weighted by Gasteiger charge is -2.16. The number of halogens is 3. The Labute approximate surface area is 160 Å². The van der Waals surface area contributed by atoms with Gasteiger partial charge in [-0.1, -0.05) is 24.3 Å². The van der Waals surface area contributed by atoms with Crippen molar-refractivity contribution in [1.29, 1.82) is 0 Å². The van der Waals surface area contributed by atoms with Gasteiger partial charge in [-0.25, -0.2) is 9.18 Å². The summed E-state index contributed by atoms with van der Waals surface area (Å²) in [5.41, 5.74) is 1.28. The molecule has 0 aliphatic heterocycles. The predicted octanol–water partition coefficient (Wildman–Crippen LogP) is 3.10. The molecule has 0 saturated carbocycles. The molecule has 0 aliphatic rings. The Morgan fingerprint density at radius 1 is 1.07 bits per heavy atom. The van der Waals surface area contributed by atoms with Gasteiger partial charge < -0.3 is 20.7 Å². The molecule has 0 radical (unpaired) electrons. The first-order chi connectivity index (χ1) is 13.3. The second kappa shape index (κ2) is 10.2. The van der Waals surface area contributed by atoms with Crippen LogP contribution in [-0.2, 0) is 11.3 Å². The van der Waals surface area contributed by atoms with Gasteiger partial charge in [0.25, 0.3) is 0 Å². The lowest BCUT2D eigenvalue weighted by molar-refractivity contribution is -0.120. The summed E-state index contributed by atoms with van der Waals surface area (Å²) >= 11 is 0. The van der Waals surface area contributed by atoms with E-state index >= 15 is 0 Å². The van der Waals surface area contributed by atoms with E-state index in [1.165, 1.54) is 42.5 Å². The minimum Gasteiger partial charge on any atom is -0.435 e. The Kier molecular flexibility index (Phi) is 7.67. The average Bonchev–Trinajstić information content (AvgIpc) is 2.65. The average molecular weight is 395 g/mol. The van der Waals surface area contributed by atoms with E-state index in [9.17, 15) is 22.8 Å². The smallest absolute Gasteiger partial charge is 0.387 e. The van der Waals surface area contributed by atoms with E-state index in [0.29, 0.717) is 11.1 Å². The molecule has 3 amide bonds. The number of rotatable bonds is 8. The number of urea groups is 1. The molecular weight excluding hydrogens is 375 g/mol. The molecule has 2 aromatic carbocycles. The van der Waals surface area contributed by atoms with Crippen molar-refractivity contribution in [2.75, 3.05) is 6.54 Å². The van der Waals surface area contributed by atoms with Crippen molar-refractivity contribution >= 4 is 11.9 Å². The Hall–Kier alpha value is -3.23. The zero-order chi connectivity index (χ0) is 20.5. The highest BCUT2D eigenvalue weighted by molar-refractivity contribution is 5.84. The summed E-state index contributed by atoms with van der Waals surface area (Å²) in [6.07, 6.45) is 0. The lowest BCUT2D eigenvalue weighted by Crippen LogP contribution is -2.42. The number of hydrogen-bond donors (Lipinski definition) is 3. The third-order valence-electron chi connectivity index (χ3n) is 3.74. The third kappa shape index (κ3) is 7.18. The highest BCUT2D eigenvalue weighted by Crippen LogP contribution is 2.20. The van der Waals surface area contributed by atoms with Gasteiger partial charge in [-0.2, -0.15) is 8.78 Å². The molecule has 0 heterocycles. The Morgan fingerprint density at radius 2 is 1.79 bits per heavy atom. The topological polar surface area (TPSA) is 79.5 Å². The Balaban J connectivity index is 1.75. The molecule has 9 heteroatoms. The fraction of sp³-hybridized carbons (Fsp3) is 0.263. The molecule has 2 rings (SSSR count). The van der Waals surface area contributed by atoms with Gasteiger partial charge in [-0.15, -0.1) is 0 Å². The van der Waals surface area contributed by atoms with E-state index in [1.54, 1.807) is 13.0 Å². The predicted molar refractivity (Wildman–Crippen MR) is 96.3 cm³/mol. The molecule has 0 saturated heterocycles. The van der Waals surface area contributed by atoms with E-state index < -0.39 is 24.6 Å². The standard InChI is InChI=1S/C19H20F3N3O3/c1-12(14-3-2-4-16(9-14)28-18(21)22)25-17(26)11-24-19(27)23-10-13-5-7-15(20)8-6-13/h2-9,12,18H,10-11H2,1H3,(H,25,26)(H2,23,24,27). The highest BCUT2D eigenvalue weighted by Gasteiger charge is 2.12. The SMILES string of the molecule is CC(NC(=O)CNC(=O)NCc1ccc(F)cc1)c1cccc(OC(F)F)c1. The molecule has 0 aliphatic carbocycles.